The molecule has 94 valence electrons. The van der Waals surface area contributed by atoms with Crippen LogP contribution in [0.1, 0.15) is 30.8 Å². The van der Waals surface area contributed by atoms with Crippen LogP contribution in [0, 0.1) is 0 Å². The molecule has 1 aromatic heterocycles. The van der Waals surface area contributed by atoms with E-state index in [9.17, 15) is 9.59 Å². The zero-order valence-corrected chi connectivity index (χ0v) is 10.2. The van der Waals surface area contributed by atoms with Crippen molar-refractivity contribution in [1.29, 1.82) is 0 Å². The SMILES string of the molecule is CCCN(CCNC(=O)c1ccco1)C(C)=O. The maximum atomic E-state index is 11.5. The molecule has 0 bridgehead atoms. The Morgan fingerprint density at radius 2 is 2.18 bits per heavy atom. The second-order valence-electron chi connectivity index (χ2n) is 3.74. The predicted octanol–water partition coefficient (Wildman–Crippen LogP) is 1.27. The van der Waals surface area contributed by atoms with E-state index in [0.717, 1.165) is 6.42 Å². The van der Waals surface area contributed by atoms with Gasteiger partial charge in [-0.1, -0.05) is 6.92 Å². The van der Waals surface area contributed by atoms with Gasteiger partial charge in [-0.15, -0.1) is 0 Å². The number of amides is 2. The van der Waals surface area contributed by atoms with E-state index in [1.54, 1.807) is 17.0 Å². The number of hydrogen-bond donors (Lipinski definition) is 1. The van der Waals surface area contributed by atoms with Crippen molar-refractivity contribution in [3.8, 4) is 0 Å². The molecule has 1 N–H and O–H groups in total. The van der Waals surface area contributed by atoms with Crippen LogP contribution >= 0.6 is 0 Å². The van der Waals surface area contributed by atoms with Crippen molar-refractivity contribution in [2.24, 2.45) is 0 Å². The molecule has 2 amide bonds. The first-order valence-corrected chi connectivity index (χ1v) is 5.72. The van der Waals surface area contributed by atoms with Crippen LogP contribution in [-0.4, -0.2) is 36.3 Å². The third-order valence-electron chi connectivity index (χ3n) is 2.35. The molecule has 0 aromatic carbocycles. The lowest BCUT2D eigenvalue weighted by Gasteiger charge is -2.20. The fourth-order valence-corrected chi connectivity index (χ4v) is 1.50. The third-order valence-corrected chi connectivity index (χ3v) is 2.35. The van der Waals surface area contributed by atoms with Crippen molar-refractivity contribution >= 4 is 11.8 Å². The summed E-state index contributed by atoms with van der Waals surface area (Å²) in [6, 6.07) is 3.26. The molecule has 0 aliphatic carbocycles. The molecule has 0 aliphatic heterocycles. The number of hydrogen-bond acceptors (Lipinski definition) is 3. The van der Waals surface area contributed by atoms with Crippen molar-refractivity contribution < 1.29 is 14.0 Å². The van der Waals surface area contributed by atoms with Gasteiger partial charge in [0.1, 0.15) is 0 Å². The van der Waals surface area contributed by atoms with Gasteiger partial charge in [0.05, 0.1) is 6.26 Å². The van der Waals surface area contributed by atoms with E-state index in [1.165, 1.54) is 13.2 Å². The summed E-state index contributed by atoms with van der Waals surface area (Å²) in [5.74, 6) is 0.0592. The summed E-state index contributed by atoms with van der Waals surface area (Å²) >= 11 is 0. The maximum Gasteiger partial charge on any atom is 0.287 e. The monoisotopic (exact) mass is 238 g/mol. The van der Waals surface area contributed by atoms with Crippen LogP contribution < -0.4 is 5.32 Å². The van der Waals surface area contributed by atoms with E-state index in [0.29, 0.717) is 19.6 Å². The van der Waals surface area contributed by atoms with E-state index in [-0.39, 0.29) is 17.6 Å². The molecule has 5 heteroatoms. The van der Waals surface area contributed by atoms with E-state index in [2.05, 4.69) is 5.32 Å². The predicted molar refractivity (Wildman–Crippen MR) is 63.6 cm³/mol. The van der Waals surface area contributed by atoms with Gasteiger partial charge < -0.3 is 14.6 Å². The Morgan fingerprint density at radius 3 is 2.71 bits per heavy atom. The molecular weight excluding hydrogens is 220 g/mol. The molecule has 1 aromatic rings. The second kappa shape index (κ2) is 6.73. The van der Waals surface area contributed by atoms with Crippen LogP contribution in [0.4, 0.5) is 0 Å². The molecule has 0 saturated heterocycles. The minimum Gasteiger partial charge on any atom is -0.459 e. The Balaban J connectivity index is 2.31. The average molecular weight is 238 g/mol. The van der Waals surface area contributed by atoms with Crippen molar-refractivity contribution in [2.75, 3.05) is 19.6 Å². The summed E-state index contributed by atoms with van der Waals surface area (Å²) in [6.45, 7) is 5.21. The van der Waals surface area contributed by atoms with Gasteiger partial charge >= 0.3 is 0 Å². The summed E-state index contributed by atoms with van der Waals surface area (Å²) in [7, 11) is 0. The highest BCUT2D eigenvalue weighted by molar-refractivity contribution is 5.91. The van der Waals surface area contributed by atoms with Crippen LogP contribution in [0.2, 0.25) is 0 Å². The summed E-state index contributed by atoms with van der Waals surface area (Å²) in [4.78, 5) is 24.5. The average Bonchev–Trinajstić information content (AvgIpc) is 2.81. The number of carbonyl (C=O) groups excluding carboxylic acids is 2. The van der Waals surface area contributed by atoms with Crippen molar-refractivity contribution in [2.45, 2.75) is 20.3 Å². The fourth-order valence-electron chi connectivity index (χ4n) is 1.50. The molecule has 17 heavy (non-hydrogen) atoms. The van der Waals surface area contributed by atoms with Gasteiger partial charge in [0.15, 0.2) is 5.76 Å². The van der Waals surface area contributed by atoms with Gasteiger partial charge in [-0.3, -0.25) is 9.59 Å². The van der Waals surface area contributed by atoms with E-state index < -0.39 is 0 Å². The topological polar surface area (TPSA) is 62.6 Å². The molecule has 0 unspecified atom stereocenters. The highest BCUT2D eigenvalue weighted by Gasteiger charge is 2.10. The van der Waals surface area contributed by atoms with Crippen LogP contribution in [0.3, 0.4) is 0 Å². The summed E-state index contributed by atoms with van der Waals surface area (Å²) in [6.07, 6.45) is 2.36. The van der Waals surface area contributed by atoms with E-state index >= 15 is 0 Å². The standard InChI is InChI=1S/C12H18N2O3/c1-3-7-14(10(2)15)8-6-13-12(16)11-5-4-9-17-11/h4-5,9H,3,6-8H2,1-2H3,(H,13,16). The van der Waals surface area contributed by atoms with Gasteiger partial charge in [0.2, 0.25) is 5.91 Å². The van der Waals surface area contributed by atoms with Gasteiger partial charge in [0, 0.05) is 26.6 Å². The first-order chi connectivity index (χ1) is 8.15. The molecule has 5 nitrogen and oxygen atoms in total. The fraction of sp³-hybridized carbons (Fsp3) is 0.500. The van der Waals surface area contributed by atoms with Crippen molar-refractivity contribution in [3.63, 3.8) is 0 Å². The van der Waals surface area contributed by atoms with Gasteiger partial charge in [0.25, 0.3) is 5.91 Å². The van der Waals surface area contributed by atoms with Gasteiger partial charge in [-0.25, -0.2) is 0 Å². The van der Waals surface area contributed by atoms with E-state index in [1.807, 2.05) is 6.92 Å². The number of furan rings is 1. The summed E-state index contributed by atoms with van der Waals surface area (Å²) < 4.78 is 4.96. The van der Waals surface area contributed by atoms with Crippen LogP contribution in [0.15, 0.2) is 22.8 Å². The first-order valence-electron chi connectivity index (χ1n) is 5.72. The minimum absolute atomic E-state index is 0.0269. The lowest BCUT2D eigenvalue weighted by Crippen LogP contribution is -2.37. The largest absolute Gasteiger partial charge is 0.459 e. The Labute approximate surface area is 101 Å². The Kier molecular flexibility index (Phi) is 5.26. The van der Waals surface area contributed by atoms with Crippen LogP contribution in [-0.2, 0) is 4.79 Å². The summed E-state index contributed by atoms with van der Waals surface area (Å²) in [5.41, 5.74) is 0. The van der Waals surface area contributed by atoms with Crippen LogP contribution in [0.25, 0.3) is 0 Å². The lowest BCUT2D eigenvalue weighted by molar-refractivity contribution is -0.128. The van der Waals surface area contributed by atoms with Crippen molar-refractivity contribution in [3.05, 3.63) is 24.2 Å². The lowest BCUT2D eigenvalue weighted by atomic mass is 10.3. The first kappa shape index (κ1) is 13.3. The smallest absolute Gasteiger partial charge is 0.287 e. The number of rotatable bonds is 6. The van der Waals surface area contributed by atoms with Crippen LogP contribution in [0.5, 0.6) is 0 Å². The Bertz CT molecular complexity index is 360. The molecule has 1 rings (SSSR count). The minimum atomic E-state index is -0.255. The molecule has 0 fully saturated rings. The molecule has 0 radical (unpaired) electrons. The van der Waals surface area contributed by atoms with E-state index in [4.69, 9.17) is 4.42 Å². The summed E-state index contributed by atoms with van der Waals surface area (Å²) in [5, 5.41) is 2.70. The number of nitrogens with one attached hydrogen (secondary N) is 1. The van der Waals surface area contributed by atoms with Gasteiger partial charge in [-0.2, -0.15) is 0 Å². The molecule has 1 heterocycles. The Hall–Kier alpha value is -1.78. The van der Waals surface area contributed by atoms with Gasteiger partial charge in [-0.05, 0) is 18.6 Å². The van der Waals surface area contributed by atoms with Crippen molar-refractivity contribution in [1.82, 2.24) is 10.2 Å². The quantitative estimate of drug-likeness (QED) is 0.811. The Morgan fingerprint density at radius 1 is 1.41 bits per heavy atom. The number of carbonyl (C=O) groups is 2. The molecule has 0 saturated carbocycles. The highest BCUT2D eigenvalue weighted by atomic mass is 16.3. The molecule has 0 spiro atoms. The molecule has 0 atom stereocenters. The third kappa shape index (κ3) is 4.30. The second-order valence-corrected chi connectivity index (χ2v) is 3.74. The molecule has 0 aliphatic rings. The highest BCUT2D eigenvalue weighted by Crippen LogP contribution is 1.99. The zero-order chi connectivity index (χ0) is 12.7. The number of nitrogens with zero attached hydrogens (tertiary/aromatic N) is 1. The normalized spacial score (nSPS) is 10.0. The zero-order valence-electron chi connectivity index (χ0n) is 10.2. The maximum absolute atomic E-state index is 11.5. The molecular formula is C12H18N2O3.